The maximum absolute atomic E-state index is 11.1. The molecule has 0 aromatic carbocycles. The number of aryl methyl sites for hydroxylation is 1. The van der Waals surface area contributed by atoms with Crippen molar-refractivity contribution >= 4 is 11.8 Å². The van der Waals surface area contributed by atoms with E-state index in [1.807, 2.05) is 0 Å². The molecule has 98 valence electrons. The lowest BCUT2D eigenvalue weighted by atomic mass is 9.82. The molecule has 2 N–H and O–H groups in total. The first-order chi connectivity index (χ1) is 8.58. The van der Waals surface area contributed by atoms with Gasteiger partial charge in [0.15, 0.2) is 0 Å². The van der Waals surface area contributed by atoms with Gasteiger partial charge in [-0.1, -0.05) is 20.3 Å². The summed E-state index contributed by atoms with van der Waals surface area (Å²) in [6.45, 7) is 4.29. The number of anilines is 1. The molecule has 1 heterocycles. The van der Waals surface area contributed by atoms with Gasteiger partial charge < -0.3 is 10.4 Å². The van der Waals surface area contributed by atoms with Crippen LogP contribution in [0.5, 0.6) is 0 Å². The van der Waals surface area contributed by atoms with E-state index in [9.17, 15) is 4.79 Å². The van der Waals surface area contributed by atoms with Crippen LogP contribution >= 0.6 is 0 Å². The van der Waals surface area contributed by atoms with Crippen molar-refractivity contribution in [2.24, 2.45) is 5.92 Å². The van der Waals surface area contributed by atoms with Gasteiger partial charge in [-0.3, -0.25) is 0 Å². The van der Waals surface area contributed by atoms with Crippen molar-refractivity contribution in [3.8, 4) is 0 Å². The Morgan fingerprint density at radius 1 is 1.50 bits per heavy atom. The van der Waals surface area contributed by atoms with Gasteiger partial charge in [0.1, 0.15) is 5.82 Å². The third kappa shape index (κ3) is 3.00. The SMILES string of the molecule is CCCc1cc(C(=O)O)cc(NC2CC(C)C2)n1. The lowest BCUT2D eigenvalue weighted by Crippen LogP contribution is -2.34. The number of carboxylic acid groups (broad SMARTS) is 1. The molecule has 0 aliphatic heterocycles. The molecule has 0 spiro atoms. The lowest BCUT2D eigenvalue weighted by Gasteiger charge is -2.33. The Kier molecular flexibility index (Phi) is 3.84. The number of carboxylic acids is 1. The predicted octanol–water partition coefficient (Wildman–Crippen LogP) is 2.94. The van der Waals surface area contributed by atoms with Gasteiger partial charge in [0.25, 0.3) is 0 Å². The van der Waals surface area contributed by atoms with Gasteiger partial charge in [-0.05, 0) is 37.3 Å². The number of pyridine rings is 1. The number of hydrogen-bond donors (Lipinski definition) is 2. The van der Waals surface area contributed by atoms with Crippen molar-refractivity contribution in [3.05, 3.63) is 23.4 Å². The van der Waals surface area contributed by atoms with Crippen LogP contribution < -0.4 is 5.32 Å². The highest BCUT2D eigenvalue weighted by atomic mass is 16.4. The van der Waals surface area contributed by atoms with Crippen molar-refractivity contribution in [1.29, 1.82) is 0 Å². The average molecular weight is 248 g/mol. The van der Waals surface area contributed by atoms with Gasteiger partial charge in [0.05, 0.1) is 5.56 Å². The normalized spacial score (nSPS) is 22.3. The highest BCUT2D eigenvalue weighted by Crippen LogP contribution is 2.29. The van der Waals surface area contributed by atoms with E-state index in [1.54, 1.807) is 12.1 Å². The van der Waals surface area contributed by atoms with Crippen molar-refractivity contribution < 1.29 is 9.90 Å². The molecule has 0 bridgehead atoms. The number of aromatic nitrogens is 1. The molecule has 1 saturated carbocycles. The van der Waals surface area contributed by atoms with Crippen LogP contribution in [0, 0.1) is 5.92 Å². The third-order valence-electron chi connectivity index (χ3n) is 3.36. The molecule has 4 heteroatoms. The molecule has 18 heavy (non-hydrogen) atoms. The largest absolute Gasteiger partial charge is 0.478 e. The summed E-state index contributed by atoms with van der Waals surface area (Å²) in [7, 11) is 0. The Bertz CT molecular complexity index is 439. The van der Waals surface area contributed by atoms with Crippen molar-refractivity contribution in [2.75, 3.05) is 5.32 Å². The minimum atomic E-state index is -0.889. The summed E-state index contributed by atoms with van der Waals surface area (Å²) in [4.78, 5) is 15.6. The summed E-state index contributed by atoms with van der Waals surface area (Å²) in [5.74, 6) is 0.579. The standard InChI is InChI=1S/C14H20N2O2/c1-3-4-11-7-10(14(17)18)8-13(15-11)16-12-5-9(2)6-12/h7-9,12H,3-6H2,1-2H3,(H,15,16)(H,17,18). The van der Waals surface area contributed by atoms with E-state index < -0.39 is 5.97 Å². The van der Waals surface area contributed by atoms with E-state index in [4.69, 9.17) is 5.11 Å². The van der Waals surface area contributed by atoms with Crippen LogP contribution in [0.4, 0.5) is 5.82 Å². The molecule has 0 unspecified atom stereocenters. The molecule has 0 atom stereocenters. The highest BCUT2D eigenvalue weighted by molar-refractivity contribution is 5.88. The first-order valence-corrected chi connectivity index (χ1v) is 6.59. The summed E-state index contributed by atoms with van der Waals surface area (Å²) in [5, 5.41) is 12.4. The molecule has 1 aromatic heterocycles. The van der Waals surface area contributed by atoms with Gasteiger partial charge in [0, 0.05) is 11.7 Å². The monoisotopic (exact) mass is 248 g/mol. The third-order valence-corrected chi connectivity index (χ3v) is 3.36. The number of hydrogen-bond acceptors (Lipinski definition) is 3. The summed E-state index contributed by atoms with van der Waals surface area (Å²) in [5.41, 5.74) is 1.18. The van der Waals surface area contributed by atoms with E-state index in [-0.39, 0.29) is 0 Å². The van der Waals surface area contributed by atoms with Crippen LogP contribution in [0.3, 0.4) is 0 Å². The van der Waals surface area contributed by atoms with Crippen molar-refractivity contribution in [2.45, 2.75) is 45.6 Å². The second-order valence-electron chi connectivity index (χ2n) is 5.21. The minimum absolute atomic E-state index is 0.323. The van der Waals surface area contributed by atoms with Crippen LogP contribution in [0.1, 0.15) is 49.2 Å². The topological polar surface area (TPSA) is 62.2 Å². The minimum Gasteiger partial charge on any atom is -0.478 e. The van der Waals surface area contributed by atoms with Crippen LogP contribution in [-0.2, 0) is 6.42 Å². The lowest BCUT2D eigenvalue weighted by molar-refractivity contribution is 0.0696. The predicted molar refractivity (Wildman–Crippen MR) is 71.0 cm³/mol. The number of aromatic carboxylic acids is 1. The second-order valence-corrected chi connectivity index (χ2v) is 5.21. The fourth-order valence-electron chi connectivity index (χ4n) is 2.40. The fraction of sp³-hybridized carbons (Fsp3) is 0.571. The van der Waals surface area contributed by atoms with Gasteiger partial charge in [0.2, 0.25) is 0 Å². The maximum atomic E-state index is 11.1. The van der Waals surface area contributed by atoms with Gasteiger partial charge in [-0.25, -0.2) is 9.78 Å². The zero-order chi connectivity index (χ0) is 13.1. The van der Waals surface area contributed by atoms with E-state index in [0.29, 0.717) is 17.4 Å². The molecule has 1 aliphatic carbocycles. The Morgan fingerprint density at radius 2 is 2.22 bits per heavy atom. The molecule has 4 nitrogen and oxygen atoms in total. The first-order valence-electron chi connectivity index (χ1n) is 6.59. The Balaban J connectivity index is 2.14. The van der Waals surface area contributed by atoms with Crippen molar-refractivity contribution in [1.82, 2.24) is 4.98 Å². The van der Waals surface area contributed by atoms with Crippen LogP contribution in [0.15, 0.2) is 12.1 Å². The Hall–Kier alpha value is -1.58. The van der Waals surface area contributed by atoms with E-state index in [2.05, 4.69) is 24.1 Å². The van der Waals surface area contributed by atoms with Gasteiger partial charge >= 0.3 is 5.97 Å². The number of rotatable bonds is 5. The summed E-state index contributed by atoms with van der Waals surface area (Å²) >= 11 is 0. The molecular formula is C14H20N2O2. The molecule has 2 rings (SSSR count). The zero-order valence-corrected chi connectivity index (χ0v) is 10.9. The smallest absolute Gasteiger partial charge is 0.335 e. The maximum Gasteiger partial charge on any atom is 0.335 e. The van der Waals surface area contributed by atoms with Crippen LogP contribution in [0.2, 0.25) is 0 Å². The summed E-state index contributed by atoms with van der Waals surface area (Å²) in [6, 6.07) is 3.75. The first kappa shape index (κ1) is 12.9. The molecule has 0 radical (unpaired) electrons. The second kappa shape index (κ2) is 5.38. The van der Waals surface area contributed by atoms with Gasteiger partial charge in [-0.2, -0.15) is 0 Å². The van der Waals surface area contributed by atoms with Gasteiger partial charge in [-0.15, -0.1) is 0 Å². The quantitative estimate of drug-likeness (QED) is 0.841. The highest BCUT2D eigenvalue weighted by Gasteiger charge is 2.25. The average Bonchev–Trinajstić information content (AvgIpc) is 2.27. The zero-order valence-electron chi connectivity index (χ0n) is 10.9. The molecule has 0 amide bonds. The van der Waals surface area contributed by atoms with E-state index in [1.165, 1.54) is 0 Å². The van der Waals surface area contributed by atoms with Crippen LogP contribution in [0.25, 0.3) is 0 Å². The number of nitrogens with zero attached hydrogens (tertiary/aromatic N) is 1. The van der Waals surface area contributed by atoms with E-state index in [0.717, 1.165) is 37.3 Å². The van der Waals surface area contributed by atoms with Crippen molar-refractivity contribution in [3.63, 3.8) is 0 Å². The number of carbonyl (C=O) groups is 1. The Morgan fingerprint density at radius 3 is 2.78 bits per heavy atom. The molecule has 0 saturated heterocycles. The van der Waals surface area contributed by atoms with E-state index >= 15 is 0 Å². The number of nitrogens with one attached hydrogen (secondary N) is 1. The fourth-order valence-corrected chi connectivity index (χ4v) is 2.40. The summed E-state index contributed by atoms with van der Waals surface area (Å²) in [6.07, 6.45) is 4.07. The van der Waals surface area contributed by atoms with Crippen LogP contribution in [-0.4, -0.2) is 22.1 Å². The molecule has 1 aromatic rings. The summed E-state index contributed by atoms with van der Waals surface area (Å²) < 4.78 is 0. The Labute approximate surface area is 107 Å². The molecular weight excluding hydrogens is 228 g/mol. The molecule has 1 fully saturated rings. The molecule has 1 aliphatic rings.